The predicted octanol–water partition coefficient (Wildman–Crippen LogP) is 5.63. The van der Waals surface area contributed by atoms with Gasteiger partial charge >= 0.3 is 0 Å². The number of hydrogen-bond acceptors (Lipinski definition) is 4. The van der Waals surface area contributed by atoms with Gasteiger partial charge in [-0.1, -0.05) is 41.5 Å². The molecule has 1 aliphatic heterocycles. The first-order chi connectivity index (χ1) is 12.8. The van der Waals surface area contributed by atoms with Crippen molar-refractivity contribution in [3.05, 3.63) is 62.6 Å². The molecule has 0 saturated carbocycles. The van der Waals surface area contributed by atoms with Crippen LogP contribution < -0.4 is 0 Å². The van der Waals surface area contributed by atoms with Gasteiger partial charge in [-0.3, -0.25) is 14.9 Å². The molecule has 1 heterocycles. The van der Waals surface area contributed by atoms with Gasteiger partial charge in [0.2, 0.25) is 0 Å². The van der Waals surface area contributed by atoms with Crippen LogP contribution in [0.2, 0.25) is 0 Å². The minimum Gasteiger partial charge on any atom is -0.338 e. The highest BCUT2D eigenvalue weighted by Crippen LogP contribution is 2.36. The summed E-state index contributed by atoms with van der Waals surface area (Å²) in [6.45, 7) is 5.67. The van der Waals surface area contributed by atoms with Crippen LogP contribution in [0.4, 0.5) is 5.69 Å². The summed E-state index contributed by atoms with van der Waals surface area (Å²) in [4.78, 5) is 27.3. The van der Waals surface area contributed by atoms with E-state index in [1.54, 1.807) is 12.1 Å². The lowest BCUT2D eigenvalue weighted by atomic mass is 9.91. The van der Waals surface area contributed by atoms with Crippen LogP contribution in [-0.4, -0.2) is 28.8 Å². The lowest BCUT2D eigenvalue weighted by Crippen LogP contribution is -2.42. The summed E-state index contributed by atoms with van der Waals surface area (Å²) in [5.41, 5.74) is 0.343. The molecule has 5 nitrogen and oxygen atoms in total. The van der Waals surface area contributed by atoms with Gasteiger partial charge in [-0.05, 0) is 54.7 Å². The van der Waals surface area contributed by atoms with Gasteiger partial charge in [-0.2, -0.15) is 0 Å². The molecule has 1 aliphatic rings. The Hall–Kier alpha value is -1.86. The molecule has 7 heteroatoms. The van der Waals surface area contributed by atoms with E-state index in [9.17, 15) is 14.9 Å². The molecule has 3 rings (SSSR count). The summed E-state index contributed by atoms with van der Waals surface area (Å²) in [6.07, 6.45) is 1.10. The molecule has 0 radical (unpaired) electrons. The summed E-state index contributed by atoms with van der Waals surface area (Å²) >= 11 is 4.70. The Morgan fingerprint density at radius 1 is 1.15 bits per heavy atom. The zero-order valence-electron chi connectivity index (χ0n) is 15.2. The van der Waals surface area contributed by atoms with E-state index in [0.717, 1.165) is 15.8 Å². The molecule has 1 fully saturated rings. The number of nitro benzene ring substituents is 1. The molecule has 0 aliphatic carbocycles. The van der Waals surface area contributed by atoms with Crippen LogP contribution in [0.15, 0.2) is 56.7 Å². The van der Waals surface area contributed by atoms with Gasteiger partial charge < -0.3 is 4.90 Å². The number of nitro groups is 1. The van der Waals surface area contributed by atoms with Gasteiger partial charge in [-0.25, -0.2) is 0 Å². The van der Waals surface area contributed by atoms with E-state index in [1.165, 1.54) is 17.8 Å². The second kappa shape index (κ2) is 8.44. The summed E-state index contributed by atoms with van der Waals surface area (Å²) in [6, 6.07) is 12.4. The molecule has 2 atom stereocenters. The van der Waals surface area contributed by atoms with Gasteiger partial charge in [0.1, 0.15) is 0 Å². The minimum atomic E-state index is -0.417. The molecular weight excluding hydrogens is 428 g/mol. The van der Waals surface area contributed by atoms with Gasteiger partial charge in [0.15, 0.2) is 0 Å². The molecule has 1 amide bonds. The van der Waals surface area contributed by atoms with Crippen LogP contribution >= 0.6 is 27.7 Å². The number of hydrogen-bond donors (Lipinski definition) is 0. The largest absolute Gasteiger partial charge is 0.338 e. The molecule has 0 bridgehead atoms. The quantitative estimate of drug-likeness (QED) is 0.449. The first-order valence-corrected chi connectivity index (χ1v) is 10.5. The van der Waals surface area contributed by atoms with Crippen molar-refractivity contribution in [3.63, 3.8) is 0 Å². The number of benzene rings is 2. The Balaban J connectivity index is 1.85. The van der Waals surface area contributed by atoms with Gasteiger partial charge in [-0.15, -0.1) is 0 Å². The van der Waals surface area contributed by atoms with Gasteiger partial charge in [0.05, 0.1) is 9.82 Å². The van der Waals surface area contributed by atoms with Crippen molar-refractivity contribution in [3.8, 4) is 0 Å². The summed E-state index contributed by atoms with van der Waals surface area (Å²) in [5.74, 6) is 0.761. The van der Waals surface area contributed by atoms with Gasteiger partial charge in [0, 0.05) is 34.1 Å². The summed E-state index contributed by atoms with van der Waals surface area (Å²) in [5, 5.41) is 11.6. The van der Waals surface area contributed by atoms with Crippen molar-refractivity contribution in [2.75, 3.05) is 13.1 Å². The lowest BCUT2D eigenvalue weighted by Gasteiger charge is -2.35. The molecular formula is C20H21BrN2O3S. The number of piperidine rings is 1. The van der Waals surface area contributed by atoms with E-state index in [2.05, 4.69) is 29.8 Å². The van der Waals surface area contributed by atoms with Crippen LogP contribution in [0.5, 0.6) is 0 Å². The molecule has 0 N–H and O–H groups in total. The average Bonchev–Trinajstić information content (AvgIpc) is 2.62. The number of rotatable bonds is 4. The third kappa shape index (κ3) is 4.90. The van der Waals surface area contributed by atoms with Crippen LogP contribution in [0.3, 0.4) is 0 Å². The fraction of sp³-hybridized carbons (Fsp3) is 0.350. The number of carbonyl (C=O) groups is 1. The molecule has 1 saturated heterocycles. The number of likely N-dealkylation sites (tertiary alicyclic amines) is 1. The second-order valence-electron chi connectivity index (χ2n) is 7.15. The molecule has 0 aromatic heterocycles. The van der Waals surface area contributed by atoms with Crippen LogP contribution in [0.1, 0.15) is 30.6 Å². The smallest absolute Gasteiger partial charge is 0.284 e. The molecule has 27 heavy (non-hydrogen) atoms. The fourth-order valence-corrected chi connectivity index (χ4v) is 4.68. The molecule has 2 unspecified atom stereocenters. The Morgan fingerprint density at radius 3 is 2.37 bits per heavy atom. The highest BCUT2D eigenvalue weighted by molar-refractivity contribution is 9.10. The maximum absolute atomic E-state index is 12.9. The van der Waals surface area contributed by atoms with Crippen LogP contribution in [0, 0.1) is 22.0 Å². The van der Waals surface area contributed by atoms with E-state index in [4.69, 9.17) is 0 Å². The molecule has 142 valence electrons. The Bertz CT molecular complexity index is 847. The maximum atomic E-state index is 12.9. The first kappa shape index (κ1) is 19.9. The van der Waals surface area contributed by atoms with Crippen molar-refractivity contribution >= 4 is 39.3 Å². The van der Waals surface area contributed by atoms with E-state index >= 15 is 0 Å². The topological polar surface area (TPSA) is 63.5 Å². The third-order valence-electron chi connectivity index (χ3n) is 4.60. The number of amides is 1. The zero-order chi connectivity index (χ0) is 19.6. The molecule has 2 aromatic rings. The monoisotopic (exact) mass is 448 g/mol. The van der Waals surface area contributed by atoms with Crippen molar-refractivity contribution in [1.29, 1.82) is 0 Å². The Labute approximate surface area is 171 Å². The number of nitrogens with zero attached hydrogens (tertiary/aromatic N) is 2. The van der Waals surface area contributed by atoms with Crippen molar-refractivity contribution in [1.82, 2.24) is 4.90 Å². The van der Waals surface area contributed by atoms with E-state index in [0.29, 0.717) is 35.4 Å². The van der Waals surface area contributed by atoms with Crippen molar-refractivity contribution in [2.45, 2.75) is 30.1 Å². The first-order valence-electron chi connectivity index (χ1n) is 8.84. The van der Waals surface area contributed by atoms with Gasteiger partial charge in [0.25, 0.3) is 11.6 Å². The molecule has 0 spiro atoms. The Kier molecular flexibility index (Phi) is 6.22. The van der Waals surface area contributed by atoms with Crippen LogP contribution in [-0.2, 0) is 0 Å². The third-order valence-corrected chi connectivity index (χ3v) is 6.20. The van der Waals surface area contributed by atoms with E-state index in [-0.39, 0.29) is 11.6 Å². The number of halogens is 1. The SMILES string of the molecule is CC1CC(C)CN(C(=O)c2ccc(Sc3ccc(Br)cc3)c([N+](=O)[O-])c2)C1. The summed E-state index contributed by atoms with van der Waals surface area (Å²) in [7, 11) is 0. The van der Waals surface area contributed by atoms with Crippen LogP contribution in [0.25, 0.3) is 0 Å². The van der Waals surface area contributed by atoms with Crippen molar-refractivity contribution in [2.24, 2.45) is 11.8 Å². The molecule has 2 aromatic carbocycles. The summed E-state index contributed by atoms with van der Waals surface area (Å²) < 4.78 is 0.951. The maximum Gasteiger partial charge on any atom is 0.284 e. The zero-order valence-corrected chi connectivity index (χ0v) is 17.6. The van der Waals surface area contributed by atoms with E-state index < -0.39 is 4.92 Å². The Morgan fingerprint density at radius 2 is 1.78 bits per heavy atom. The van der Waals surface area contributed by atoms with Crippen molar-refractivity contribution < 1.29 is 9.72 Å². The second-order valence-corrected chi connectivity index (χ2v) is 9.18. The minimum absolute atomic E-state index is 0.0353. The highest BCUT2D eigenvalue weighted by atomic mass is 79.9. The highest BCUT2D eigenvalue weighted by Gasteiger charge is 2.27. The number of carbonyl (C=O) groups excluding carboxylic acids is 1. The standard InChI is InChI=1S/C20H21BrN2O3S/c1-13-9-14(2)12-22(11-13)20(24)15-3-8-19(18(10-15)23(25)26)27-17-6-4-16(21)5-7-17/h3-8,10,13-14H,9,11-12H2,1-2H3. The fourth-order valence-electron chi connectivity index (χ4n) is 3.52. The average molecular weight is 449 g/mol. The normalized spacial score (nSPS) is 19.7. The predicted molar refractivity (Wildman–Crippen MR) is 110 cm³/mol. The van der Waals surface area contributed by atoms with E-state index in [1.807, 2.05) is 29.2 Å². The lowest BCUT2D eigenvalue weighted by molar-refractivity contribution is -0.387.